The number of rotatable bonds is 5. The molecule has 1 aromatic heterocycles. The summed E-state index contributed by atoms with van der Waals surface area (Å²) in [5, 5.41) is 19.2. The van der Waals surface area contributed by atoms with E-state index in [1.54, 1.807) is 12.1 Å². The number of hydrogen-bond donors (Lipinski definition) is 2. The highest BCUT2D eigenvalue weighted by Crippen LogP contribution is 2.34. The van der Waals surface area contributed by atoms with Gasteiger partial charge in [-0.2, -0.15) is 0 Å². The van der Waals surface area contributed by atoms with Gasteiger partial charge in [-0.3, -0.25) is 14.9 Å². The second-order valence-electron chi connectivity index (χ2n) is 5.18. The van der Waals surface area contributed by atoms with Crippen LogP contribution >= 0.6 is 11.3 Å². The fourth-order valence-electron chi connectivity index (χ4n) is 2.10. The quantitative estimate of drug-likeness (QED) is 0.652. The average Bonchev–Trinajstić information content (AvgIpc) is 3.19. The zero-order valence-corrected chi connectivity index (χ0v) is 12.6. The Balaban J connectivity index is 1.58. The molecule has 0 spiro atoms. The Kier molecular flexibility index (Phi) is 3.76. The fraction of sp³-hybridized carbons (Fsp3) is 0.286. The van der Waals surface area contributed by atoms with Crippen LogP contribution in [0.4, 0.5) is 16.5 Å². The number of carbonyl (C=O) groups is 1. The Morgan fingerprint density at radius 2 is 2.05 bits per heavy atom. The lowest BCUT2D eigenvalue weighted by Gasteiger charge is -2.06. The number of aryl methyl sites for hydroxylation is 1. The van der Waals surface area contributed by atoms with E-state index in [1.807, 2.05) is 24.4 Å². The first-order valence-electron chi connectivity index (χ1n) is 6.76. The number of anilines is 3. The van der Waals surface area contributed by atoms with Crippen molar-refractivity contribution < 1.29 is 9.72 Å². The maximum atomic E-state index is 11.8. The Bertz CT molecular complexity index is 713. The Morgan fingerprint density at radius 1 is 1.36 bits per heavy atom. The molecule has 2 aromatic rings. The first-order chi connectivity index (χ1) is 10.5. The van der Waals surface area contributed by atoms with E-state index < -0.39 is 16.9 Å². The van der Waals surface area contributed by atoms with Gasteiger partial charge in [-0.05, 0) is 31.2 Å². The van der Waals surface area contributed by atoms with Crippen molar-refractivity contribution in [2.24, 2.45) is 5.92 Å². The summed E-state index contributed by atoms with van der Waals surface area (Å²) < 4.78 is 0. The number of thiazole rings is 1. The van der Waals surface area contributed by atoms with Gasteiger partial charge in [0.2, 0.25) is 11.9 Å². The zero-order valence-electron chi connectivity index (χ0n) is 11.8. The highest BCUT2D eigenvalue weighted by molar-refractivity contribution is 7.13. The van der Waals surface area contributed by atoms with Crippen molar-refractivity contribution >= 4 is 33.8 Å². The molecule has 0 unspecified atom stereocenters. The lowest BCUT2D eigenvalue weighted by Crippen LogP contribution is -2.18. The molecule has 3 rings (SSSR count). The van der Waals surface area contributed by atoms with E-state index in [0.29, 0.717) is 12.1 Å². The molecule has 0 saturated heterocycles. The van der Waals surface area contributed by atoms with E-state index in [4.69, 9.17) is 0 Å². The van der Waals surface area contributed by atoms with Crippen LogP contribution in [0.5, 0.6) is 0 Å². The third-order valence-corrected chi connectivity index (χ3v) is 4.26. The van der Waals surface area contributed by atoms with Crippen LogP contribution in [0.3, 0.4) is 0 Å². The number of hydrogen-bond acceptors (Lipinski definition) is 6. The van der Waals surface area contributed by atoms with Crippen LogP contribution in [0.2, 0.25) is 0 Å². The minimum Gasteiger partial charge on any atom is -0.332 e. The zero-order chi connectivity index (χ0) is 15.7. The number of carbonyl (C=O) groups excluding carboxylic acids is 1. The van der Waals surface area contributed by atoms with E-state index >= 15 is 0 Å². The molecule has 0 bridgehead atoms. The molecule has 1 amide bonds. The number of nitrogens with one attached hydrogen (secondary N) is 2. The van der Waals surface area contributed by atoms with Crippen molar-refractivity contribution in [3.8, 4) is 0 Å². The normalized spacial score (nSPS) is 19.5. The smallest absolute Gasteiger partial charge is 0.234 e. The summed E-state index contributed by atoms with van der Waals surface area (Å²) in [6, 6.07) is 6.43. The molecule has 0 radical (unpaired) electrons. The standard InChI is InChI=1S/C14H14N4O3S/c1-8-7-22-14(15-8)17-10-4-2-9(3-5-10)16-13(19)11-6-12(11)18(20)21/h2-5,7,11-12H,6H2,1H3,(H,15,17)(H,16,19)/t11-,12+/m1/s1. The molecule has 1 aromatic carbocycles. The number of amides is 1. The summed E-state index contributed by atoms with van der Waals surface area (Å²) in [5.41, 5.74) is 2.45. The van der Waals surface area contributed by atoms with Crippen molar-refractivity contribution in [1.82, 2.24) is 4.98 Å². The Morgan fingerprint density at radius 3 is 2.59 bits per heavy atom. The maximum absolute atomic E-state index is 11.8. The van der Waals surface area contributed by atoms with Crippen molar-refractivity contribution in [2.45, 2.75) is 19.4 Å². The molecule has 1 aliphatic rings. The third-order valence-electron chi connectivity index (χ3n) is 3.39. The molecule has 22 heavy (non-hydrogen) atoms. The molecule has 1 heterocycles. The average molecular weight is 318 g/mol. The van der Waals surface area contributed by atoms with E-state index in [1.165, 1.54) is 11.3 Å². The summed E-state index contributed by atoms with van der Waals surface area (Å²) >= 11 is 1.52. The van der Waals surface area contributed by atoms with Gasteiger partial charge in [-0.25, -0.2) is 4.98 Å². The summed E-state index contributed by atoms with van der Waals surface area (Å²) in [7, 11) is 0. The SMILES string of the molecule is Cc1csc(Nc2ccc(NC(=O)[C@@H]3C[C@@H]3[N+](=O)[O-])cc2)n1. The molecule has 0 aliphatic heterocycles. The maximum Gasteiger partial charge on any atom is 0.234 e. The molecule has 2 atom stereocenters. The lowest BCUT2D eigenvalue weighted by molar-refractivity contribution is -0.497. The summed E-state index contributed by atoms with van der Waals surface area (Å²) in [4.78, 5) is 26.3. The molecule has 8 heteroatoms. The van der Waals surface area contributed by atoms with Crippen LogP contribution in [-0.2, 0) is 4.79 Å². The van der Waals surface area contributed by atoms with Gasteiger partial charge in [0.25, 0.3) is 0 Å². The van der Waals surface area contributed by atoms with Gasteiger partial charge < -0.3 is 10.6 Å². The molecule has 1 aliphatic carbocycles. The highest BCUT2D eigenvalue weighted by Gasteiger charge is 2.53. The molecule has 114 valence electrons. The van der Waals surface area contributed by atoms with Crippen molar-refractivity contribution in [3.63, 3.8) is 0 Å². The lowest BCUT2D eigenvalue weighted by atomic mass is 10.2. The molecule has 1 saturated carbocycles. The monoisotopic (exact) mass is 318 g/mol. The second-order valence-corrected chi connectivity index (χ2v) is 6.04. The number of nitro groups is 1. The van der Waals surface area contributed by atoms with Gasteiger partial charge >= 0.3 is 0 Å². The summed E-state index contributed by atoms with van der Waals surface area (Å²) in [6.45, 7) is 1.93. The molecule has 1 fully saturated rings. The van der Waals surface area contributed by atoms with Crippen molar-refractivity contribution in [3.05, 3.63) is 45.5 Å². The van der Waals surface area contributed by atoms with Crippen LogP contribution < -0.4 is 10.6 Å². The van der Waals surface area contributed by atoms with Crippen LogP contribution in [-0.4, -0.2) is 21.9 Å². The molecular weight excluding hydrogens is 304 g/mol. The fourth-order valence-corrected chi connectivity index (χ4v) is 2.81. The topological polar surface area (TPSA) is 97.2 Å². The van der Waals surface area contributed by atoms with Gasteiger partial charge in [0.05, 0.1) is 5.69 Å². The van der Waals surface area contributed by atoms with Crippen LogP contribution in [0.25, 0.3) is 0 Å². The Labute approximate surface area is 130 Å². The summed E-state index contributed by atoms with van der Waals surface area (Å²) in [5.74, 6) is -0.802. The number of benzene rings is 1. The second kappa shape index (κ2) is 5.72. The predicted octanol–water partition coefficient (Wildman–Crippen LogP) is 2.80. The van der Waals surface area contributed by atoms with Crippen LogP contribution in [0, 0.1) is 23.0 Å². The van der Waals surface area contributed by atoms with Gasteiger partial charge in [-0.1, -0.05) is 0 Å². The van der Waals surface area contributed by atoms with E-state index in [9.17, 15) is 14.9 Å². The molecule has 7 nitrogen and oxygen atoms in total. The Hall–Kier alpha value is -2.48. The molecular formula is C14H14N4O3S. The van der Waals surface area contributed by atoms with Gasteiger partial charge in [-0.15, -0.1) is 11.3 Å². The van der Waals surface area contributed by atoms with Crippen LogP contribution in [0.1, 0.15) is 12.1 Å². The first-order valence-corrected chi connectivity index (χ1v) is 7.64. The van der Waals surface area contributed by atoms with Gasteiger partial charge in [0.15, 0.2) is 5.13 Å². The predicted molar refractivity (Wildman–Crippen MR) is 84.1 cm³/mol. The number of nitrogens with zero attached hydrogens (tertiary/aromatic N) is 2. The molecule has 2 N–H and O–H groups in total. The first kappa shape index (κ1) is 14.5. The largest absolute Gasteiger partial charge is 0.332 e. The van der Waals surface area contributed by atoms with E-state index in [-0.39, 0.29) is 5.91 Å². The van der Waals surface area contributed by atoms with Crippen LogP contribution in [0.15, 0.2) is 29.6 Å². The van der Waals surface area contributed by atoms with Crippen molar-refractivity contribution in [2.75, 3.05) is 10.6 Å². The highest BCUT2D eigenvalue weighted by atomic mass is 32.1. The minimum atomic E-state index is -0.728. The third kappa shape index (κ3) is 3.22. The van der Waals surface area contributed by atoms with E-state index in [0.717, 1.165) is 16.5 Å². The summed E-state index contributed by atoms with van der Waals surface area (Å²) in [6.07, 6.45) is 0.321. The number of aromatic nitrogens is 1. The van der Waals surface area contributed by atoms with Crippen molar-refractivity contribution in [1.29, 1.82) is 0 Å². The van der Waals surface area contributed by atoms with Gasteiger partial charge in [0, 0.05) is 28.1 Å². The van der Waals surface area contributed by atoms with Gasteiger partial charge in [0.1, 0.15) is 5.92 Å². The van der Waals surface area contributed by atoms with E-state index in [2.05, 4.69) is 15.6 Å². The minimum absolute atomic E-state index is 0.294.